The highest BCUT2D eigenvalue weighted by Crippen LogP contribution is 2.29. The maximum absolute atomic E-state index is 11.2. The number of hydrogen-bond donors (Lipinski definition) is 3. The van der Waals surface area contributed by atoms with Crippen LogP contribution in [0.1, 0.15) is 69.8 Å². The maximum Gasteiger partial charge on any atom is 0.309 e. The molecule has 1 aliphatic carbocycles. The number of aromatic nitrogens is 1. The van der Waals surface area contributed by atoms with E-state index >= 15 is 0 Å². The molecule has 0 radical (unpaired) electrons. The molecule has 204 valence electrons. The van der Waals surface area contributed by atoms with Gasteiger partial charge in [0.05, 0.1) is 29.7 Å². The number of aromatic hydroxyl groups is 1. The van der Waals surface area contributed by atoms with Crippen LogP contribution in [0.25, 0.3) is 0 Å². The normalized spacial score (nSPS) is 12.7. The fourth-order valence-corrected chi connectivity index (χ4v) is 3.17. The zero-order valence-corrected chi connectivity index (χ0v) is 23.4. The number of halogens is 2. The SMILES string of the molecule is CC(C)(C)OC(=O)C1CCC1.CC(C)Oc1ncc(C=N)cc1Cl.CONC(=O)c1ccc(O)cc1Cl. The summed E-state index contributed by atoms with van der Waals surface area (Å²) in [6, 6.07) is 5.72. The summed E-state index contributed by atoms with van der Waals surface area (Å²) < 4.78 is 10.5. The number of carbonyl (C=O) groups excluding carboxylic acids is 2. The van der Waals surface area contributed by atoms with Crippen LogP contribution < -0.4 is 10.2 Å². The summed E-state index contributed by atoms with van der Waals surface area (Å²) in [5.41, 5.74) is 2.72. The molecule has 1 aromatic carbocycles. The molecule has 1 aliphatic rings. The average Bonchev–Trinajstić information content (AvgIpc) is 2.73. The van der Waals surface area contributed by atoms with E-state index in [0.29, 0.717) is 16.5 Å². The predicted molar refractivity (Wildman–Crippen MR) is 144 cm³/mol. The highest BCUT2D eigenvalue weighted by atomic mass is 35.5. The molecule has 0 saturated heterocycles. The minimum atomic E-state index is -0.451. The Labute approximate surface area is 227 Å². The Kier molecular flexibility index (Phi) is 13.4. The van der Waals surface area contributed by atoms with Crippen LogP contribution in [0.3, 0.4) is 0 Å². The molecular weight excluding hydrogens is 521 g/mol. The summed E-state index contributed by atoms with van der Waals surface area (Å²) in [5, 5.41) is 16.6. The van der Waals surface area contributed by atoms with E-state index in [1.54, 1.807) is 12.3 Å². The molecule has 1 aromatic heterocycles. The van der Waals surface area contributed by atoms with Crippen molar-refractivity contribution in [1.29, 1.82) is 5.41 Å². The molecule has 0 spiro atoms. The van der Waals surface area contributed by atoms with Gasteiger partial charge in [-0.15, -0.1) is 0 Å². The van der Waals surface area contributed by atoms with Crippen molar-refractivity contribution in [2.75, 3.05) is 7.11 Å². The van der Waals surface area contributed by atoms with Crippen LogP contribution >= 0.6 is 23.2 Å². The molecular formula is C26H35Cl2N3O6. The average molecular weight is 556 g/mol. The standard InChI is InChI=1S/C9H11ClN2O.C9H16O2.C8H8ClNO3/c1-6(2)13-9-8(10)3-7(4-11)5-12-9;1-9(2,3)11-8(10)7-5-4-6-7;1-13-10-8(12)6-3-2-5(11)4-7(6)9/h3-6,11H,1-2H3;7H,4-6H2,1-3H3;2-4,11H,1H3,(H,10,12). The largest absolute Gasteiger partial charge is 0.508 e. The number of rotatable bonds is 6. The van der Waals surface area contributed by atoms with Gasteiger partial charge in [-0.2, -0.15) is 0 Å². The number of amides is 1. The highest BCUT2D eigenvalue weighted by molar-refractivity contribution is 6.34. The van der Waals surface area contributed by atoms with Crippen molar-refractivity contribution in [1.82, 2.24) is 10.5 Å². The lowest BCUT2D eigenvalue weighted by atomic mass is 9.85. The zero-order chi connectivity index (χ0) is 28.2. The van der Waals surface area contributed by atoms with Gasteiger partial charge in [0.2, 0.25) is 5.88 Å². The fourth-order valence-electron chi connectivity index (χ4n) is 2.69. The van der Waals surface area contributed by atoms with Crippen LogP contribution in [-0.2, 0) is 14.4 Å². The molecule has 1 amide bonds. The number of hydroxylamine groups is 1. The summed E-state index contributed by atoms with van der Waals surface area (Å²) in [6.07, 6.45) is 6.03. The number of pyridine rings is 1. The number of ether oxygens (including phenoxy) is 2. The molecule has 1 heterocycles. The Morgan fingerprint density at radius 2 is 1.84 bits per heavy atom. The Morgan fingerprint density at radius 3 is 2.27 bits per heavy atom. The zero-order valence-electron chi connectivity index (χ0n) is 21.9. The number of nitrogens with zero attached hydrogens (tertiary/aromatic N) is 1. The summed E-state index contributed by atoms with van der Waals surface area (Å²) in [5.74, 6) is 0.173. The van der Waals surface area contributed by atoms with Crippen LogP contribution in [0.5, 0.6) is 11.6 Å². The molecule has 0 bridgehead atoms. The van der Waals surface area contributed by atoms with Crippen LogP contribution in [0, 0.1) is 11.3 Å². The third-order valence-electron chi connectivity index (χ3n) is 4.58. The second-order valence-corrected chi connectivity index (χ2v) is 10.1. The van der Waals surface area contributed by atoms with Crippen molar-refractivity contribution in [2.45, 2.75) is 65.6 Å². The Balaban J connectivity index is 0.000000279. The van der Waals surface area contributed by atoms with Gasteiger partial charge in [0.15, 0.2) is 0 Å². The second kappa shape index (κ2) is 15.4. The monoisotopic (exact) mass is 555 g/mol. The summed E-state index contributed by atoms with van der Waals surface area (Å²) in [4.78, 5) is 30.8. The van der Waals surface area contributed by atoms with Gasteiger partial charge in [0.25, 0.3) is 5.91 Å². The van der Waals surface area contributed by atoms with Gasteiger partial charge in [0, 0.05) is 18.0 Å². The lowest BCUT2D eigenvalue weighted by Gasteiger charge is -2.28. The first-order chi connectivity index (χ1) is 17.3. The smallest absolute Gasteiger partial charge is 0.309 e. The Morgan fingerprint density at radius 1 is 1.19 bits per heavy atom. The second-order valence-electron chi connectivity index (χ2n) is 9.33. The topological polar surface area (TPSA) is 131 Å². The van der Waals surface area contributed by atoms with E-state index in [-0.39, 0.29) is 39.9 Å². The number of hydrogen-bond acceptors (Lipinski definition) is 8. The van der Waals surface area contributed by atoms with Gasteiger partial charge in [-0.3, -0.25) is 14.4 Å². The first-order valence-electron chi connectivity index (χ1n) is 11.6. The fraction of sp³-hybridized carbons (Fsp3) is 0.462. The molecule has 37 heavy (non-hydrogen) atoms. The van der Waals surface area contributed by atoms with E-state index in [1.165, 1.54) is 37.9 Å². The minimum absolute atomic E-state index is 0.0104. The van der Waals surface area contributed by atoms with Crippen LogP contribution in [0.15, 0.2) is 30.5 Å². The van der Waals surface area contributed by atoms with Gasteiger partial charge in [-0.05, 0) is 71.7 Å². The molecule has 9 nitrogen and oxygen atoms in total. The third-order valence-corrected chi connectivity index (χ3v) is 5.16. The number of phenols is 1. The molecule has 2 aromatic rings. The summed E-state index contributed by atoms with van der Waals surface area (Å²) in [7, 11) is 1.33. The van der Waals surface area contributed by atoms with Crippen molar-refractivity contribution < 1.29 is 29.0 Å². The number of esters is 1. The highest BCUT2D eigenvalue weighted by Gasteiger charge is 2.29. The van der Waals surface area contributed by atoms with Crippen molar-refractivity contribution in [3.8, 4) is 11.6 Å². The predicted octanol–water partition coefficient (Wildman–Crippen LogP) is 5.98. The van der Waals surface area contributed by atoms with Crippen molar-refractivity contribution in [3.63, 3.8) is 0 Å². The van der Waals surface area contributed by atoms with E-state index in [4.69, 9.17) is 43.2 Å². The first-order valence-corrected chi connectivity index (χ1v) is 12.4. The molecule has 3 rings (SSSR count). The molecule has 0 unspecified atom stereocenters. The van der Waals surface area contributed by atoms with Crippen molar-refractivity contribution >= 4 is 41.3 Å². The number of nitrogens with one attached hydrogen (secondary N) is 2. The van der Waals surface area contributed by atoms with Crippen molar-refractivity contribution in [3.05, 3.63) is 51.6 Å². The quantitative estimate of drug-likeness (QED) is 0.227. The first kappa shape index (κ1) is 32.1. The number of phenolic OH excluding ortho intramolecular Hbond substituents is 1. The van der Waals surface area contributed by atoms with E-state index in [9.17, 15) is 9.59 Å². The molecule has 0 atom stereocenters. The van der Waals surface area contributed by atoms with Crippen LogP contribution in [0.2, 0.25) is 10.0 Å². The third kappa shape index (κ3) is 12.3. The lowest BCUT2D eigenvalue weighted by Crippen LogP contribution is -2.31. The molecule has 11 heteroatoms. The van der Waals surface area contributed by atoms with Crippen LogP contribution in [-0.4, -0.2) is 47.0 Å². The molecule has 1 fully saturated rings. The molecule has 0 aliphatic heterocycles. The van der Waals surface area contributed by atoms with E-state index < -0.39 is 5.91 Å². The van der Waals surface area contributed by atoms with E-state index in [1.807, 2.05) is 34.6 Å². The number of benzene rings is 1. The summed E-state index contributed by atoms with van der Waals surface area (Å²) >= 11 is 11.5. The Hall–Kier alpha value is -2.88. The van der Waals surface area contributed by atoms with Gasteiger partial charge in [-0.25, -0.2) is 10.5 Å². The molecule has 1 saturated carbocycles. The van der Waals surface area contributed by atoms with E-state index in [2.05, 4.69) is 15.3 Å². The van der Waals surface area contributed by atoms with Crippen molar-refractivity contribution in [2.24, 2.45) is 5.92 Å². The van der Waals surface area contributed by atoms with Gasteiger partial charge in [-0.1, -0.05) is 29.6 Å². The Bertz CT molecular complexity index is 1050. The molecule has 3 N–H and O–H groups in total. The van der Waals surface area contributed by atoms with Crippen LogP contribution in [0.4, 0.5) is 0 Å². The van der Waals surface area contributed by atoms with E-state index in [0.717, 1.165) is 12.8 Å². The minimum Gasteiger partial charge on any atom is -0.508 e. The van der Waals surface area contributed by atoms with Gasteiger partial charge >= 0.3 is 5.97 Å². The van der Waals surface area contributed by atoms with Gasteiger partial charge in [0.1, 0.15) is 16.4 Å². The number of carbonyl (C=O) groups is 2. The maximum atomic E-state index is 11.2. The van der Waals surface area contributed by atoms with Gasteiger partial charge < -0.3 is 20.0 Å². The lowest BCUT2D eigenvalue weighted by molar-refractivity contribution is -0.162. The summed E-state index contributed by atoms with van der Waals surface area (Å²) in [6.45, 7) is 9.53.